The summed E-state index contributed by atoms with van der Waals surface area (Å²) >= 11 is 0. The van der Waals surface area contributed by atoms with Crippen LogP contribution in [0.5, 0.6) is 0 Å². The van der Waals surface area contributed by atoms with Crippen molar-refractivity contribution in [3.63, 3.8) is 0 Å². The molecule has 9 heteroatoms. The van der Waals surface area contributed by atoms with E-state index in [1.54, 1.807) is 0 Å². The van der Waals surface area contributed by atoms with Crippen LogP contribution in [0, 0.1) is 0 Å². The van der Waals surface area contributed by atoms with Gasteiger partial charge in [-0.15, -0.1) is 0 Å². The average Bonchev–Trinajstić information content (AvgIpc) is 2.10. The third kappa shape index (κ3) is 7.91. The fourth-order valence-corrected chi connectivity index (χ4v) is 0.456. The molecule has 0 saturated carbocycles. The summed E-state index contributed by atoms with van der Waals surface area (Å²) in [5.74, 6) is -3.59. The maximum Gasteiger partial charge on any atom is 0.422 e. The summed E-state index contributed by atoms with van der Waals surface area (Å²) in [6.45, 7) is -4.67. The zero-order valence-corrected chi connectivity index (χ0v) is 7.27. The van der Waals surface area contributed by atoms with E-state index in [9.17, 15) is 26.7 Å². The van der Waals surface area contributed by atoms with Crippen LogP contribution in [-0.2, 0) is 4.74 Å². The second-order valence-corrected chi connectivity index (χ2v) is 2.56. The molecule has 0 heterocycles. The minimum absolute atomic E-state index is 1.29. The van der Waals surface area contributed by atoms with E-state index in [1.807, 2.05) is 0 Å². The number of rotatable bonds is 4. The Bertz CT molecular complexity index is 217. The minimum atomic E-state index is -4.71. The fourth-order valence-electron chi connectivity index (χ4n) is 0.456. The number of halogens is 5. The van der Waals surface area contributed by atoms with E-state index in [0.29, 0.717) is 0 Å². The van der Waals surface area contributed by atoms with Crippen molar-refractivity contribution in [1.82, 2.24) is 5.32 Å². The van der Waals surface area contributed by atoms with Gasteiger partial charge < -0.3 is 15.2 Å². The molecule has 0 aliphatic heterocycles. The molecule has 0 rings (SSSR count). The largest absolute Gasteiger partial charge is 0.440 e. The number of nitrogens with one attached hydrogen (secondary N) is 1. The third-order valence-electron chi connectivity index (χ3n) is 1.09. The SMILES string of the molecule is O=C(NCC(F)(F)CO)OCC(F)(F)F. The summed E-state index contributed by atoms with van der Waals surface area (Å²) in [7, 11) is 0. The molecule has 0 bridgehead atoms. The highest BCUT2D eigenvalue weighted by atomic mass is 19.4. The van der Waals surface area contributed by atoms with Gasteiger partial charge in [-0.1, -0.05) is 0 Å². The predicted octanol–water partition coefficient (Wildman–Crippen LogP) is 0.903. The van der Waals surface area contributed by atoms with Crippen LogP contribution in [0.15, 0.2) is 0 Å². The Morgan fingerprint density at radius 1 is 1.27 bits per heavy atom. The molecule has 1 amide bonds. The molecule has 0 unspecified atom stereocenters. The van der Waals surface area contributed by atoms with Gasteiger partial charge in [-0.2, -0.15) is 13.2 Å². The van der Waals surface area contributed by atoms with Crippen molar-refractivity contribution in [2.75, 3.05) is 19.8 Å². The van der Waals surface area contributed by atoms with Gasteiger partial charge in [0.05, 0.1) is 6.54 Å². The average molecular weight is 237 g/mol. The highest BCUT2D eigenvalue weighted by molar-refractivity contribution is 5.67. The molecular weight excluding hydrogens is 229 g/mol. The number of ether oxygens (including phenoxy) is 1. The lowest BCUT2D eigenvalue weighted by molar-refractivity contribution is -0.160. The number of alkyl carbamates (subject to hydrolysis) is 1. The van der Waals surface area contributed by atoms with E-state index in [4.69, 9.17) is 5.11 Å². The molecule has 0 saturated heterocycles. The standard InChI is InChI=1S/C6H8F5NO3/c7-5(8,2-13)1-12-4(14)15-3-6(9,10)11/h13H,1-3H2,(H,12,14). The van der Waals surface area contributed by atoms with Crippen LogP contribution in [0.25, 0.3) is 0 Å². The first-order chi connectivity index (χ1) is 6.66. The van der Waals surface area contributed by atoms with Crippen LogP contribution in [0.1, 0.15) is 0 Å². The Hall–Kier alpha value is -1.12. The van der Waals surface area contributed by atoms with Crippen LogP contribution < -0.4 is 5.32 Å². The van der Waals surface area contributed by atoms with Crippen molar-refractivity contribution in [2.45, 2.75) is 12.1 Å². The van der Waals surface area contributed by atoms with Gasteiger partial charge in [0, 0.05) is 0 Å². The molecule has 0 spiro atoms. The molecule has 0 aromatic heterocycles. The van der Waals surface area contributed by atoms with Crippen molar-refractivity contribution in [3.8, 4) is 0 Å². The van der Waals surface area contributed by atoms with Crippen molar-refractivity contribution >= 4 is 6.09 Å². The van der Waals surface area contributed by atoms with Crippen LogP contribution in [0.2, 0.25) is 0 Å². The lowest BCUT2D eigenvalue weighted by Gasteiger charge is -2.14. The number of amides is 1. The molecule has 90 valence electrons. The van der Waals surface area contributed by atoms with E-state index in [1.165, 1.54) is 5.32 Å². The zero-order valence-electron chi connectivity index (χ0n) is 7.27. The van der Waals surface area contributed by atoms with Gasteiger partial charge in [0.2, 0.25) is 0 Å². The Morgan fingerprint density at radius 2 is 1.80 bits per heavy atom. The molecule has 4 nitrogen and oxygen atoms in total. The van der Waals surface area contributed by atoms with Crippen molar-refractivity contribution in [3.05, 3.63) is 0 Å². The Kier molecular flexibility index (Phi) is 4.72. The predicted molar refractivity (Wildman–Crippen MR) is 37.4 cm³/mol. The molecule has 0 fully saturated rings. The number of carbonyl (C=O) groups excluding carboxylic acids is 1. The van der Waals surface area contributed by atoms with E-state index < -0.39 is 38.0 Å². The summed E-state index contributed by atoms with van der Waals surface area (Å²) in [4.78, 5) is 10.4. The zero-order chi connectivity index (χ0) is 12.1. The van der Waals surface area contributed by atoms with Gasteiger partial charge >= 0.3 is 12.3 Å². The Morgan fingerprint density at radius 3 is 2.20 bits per heavy atom. The second-order valence-electron chi connectivity index (χ2n) is 2.56. The van der Waals surface area contributed by atoms with Crippen LogP contribution in [-0.4, -0.2) is 43.1 Å². The topological polar surface area (TPSA) is 58.6 Å². The van der Waals surface area contributed by atoms with Gasteiger partial charge in [0.25, 0.3) is 5.92 Å². The van der Waals surface area contributed by atoms with Gasteiger partial charge in [0.1, 0.15) is 6.61 Å². The maximum atomic E-state index is 12.2. The first-order valence-corrected chi connectivity index (χ1v) is 3.62. The van der Waals surface area contributed by atoms with Crippen molar-refractivity contribution in [1.29, 1.82) is 0 Å². The smallest absolute Gasteiger partial charge is 0.422 e. The van der Waals surface area contributed by atoms with Gasteiger partial charge in [-0.25, -0.2) is 13.6 Å². The molecule has 0 aliphatic rings. The van der Waals surface area contributed by atoms with Crippen LogP contribution in [0.3, 0.4) is 0 Å². The summed E-state index contributed by atoms with van der Waals surface area (Å²) in [5.41, 5.74) is 0. The fraction of sp³-hybridized carbons (Fsp3) is 0.833. The maximum absolute atomic E-state index is 12.2. The number of alkyl halides is 5. The lowest BCUT2D eigenvalue weighted by atomic mass is 10.3. The molecular formula is C6H8F5NO3. The normalized spacial score (nSPS) is 12.4. The molecule has 0 aromatic rings. The van der Waals surface area contributed by atoms with E-state index in [2.05, 4.69) is 4.74 Å². The second kappa shape index (κ2) is 5.10. The summed E-state index contributed by atoms with van der Waals surface area (Å²) in [6.07, 6.45) is -6.34. The minimum Gasteiger partial charge on any atom is -0.440 e. The highest BCUT2D eigenvalue weighted by Crippen LogP contribution is 2.14. The Labute approximate surface area is 81.0 Å². The number of aliphatic hydroxyl groups excluding tert-OH is 1. The van der Waals surface area contributed by atoms with Crippen LogP contribution >= 0.6 is 0 Å². The highest BCUT2D eigenvalue weighted by Gasteiger charge is 2.31. The number of carbonyl (C=O) groups is 1. The third-order valence-corrected chi connectivity index (χ3v) is 1.09. The molecule has 2 N–H and O–H groups in total. The number of hydrogen-bond donors (Lipinski definition) is 2. The monoisotopic (exact) mass is 237 g/mol. The molecule has 15 heavy (non-hydrogen) atoms. The van der Waals surface area contributed by atoms with Gasteiger partial charge in [-0.05, 0) is 0 Å². The van der Waals surface area contributed by atoms with Gasteiger partial charge in [-0.3, -0.25) is 0 Å². The number of aliphatic hydroxyl groups is 1. The number of hydrogen-bond acceptors (Lipinski definition) is 3. The van der Waals surface area contributed by atoms with Crippen molar-refractivity contribution in [2.24, 2.45) is 0 Å². The van der Waals surface area contributed by atoms with E-state index >= 15 is 0 Å². The van der Waals surface area contributed by atoms with E-state index in [-0.39, 0.29) is 0 Å². The van der Waals surface area contributed by atoms with Crippen LogP contribution in [0.4, 0.5) is 26.7 Å². The molecule has 0 atom stereocenters. The summed E-state index contributed by atoms with van der Waals surface area (Å²) in [5, 5.41) is 9.42. The summed E-state index contributed by atoms with van der Waals surface area (Å²) in [6, 6.07) is 0. The lowest BCUT2D eigenvalue weighted by Crippen LogP contribution is -2.40. The Balaban J connectivity index is 3.77. The molecule has 0 aromatic carbocycles. The van der Waals surface area contributed by atoms with Gasteiger partial charge in [0.15, 0.2) is 6.61 Å². The summed E-state index contributed by atoms with van der Waals surface area (Å²) < 4.78 is 62.4. The molecule has 0 radical (unpaired) electrons. The van der Waals surface area contributed by atoms with Crippen molar-refractivity contribution < 1.29 is 36.6 Å². The first-order valence-electron chi connectivity index (χ1n) is 3.62. The first kappa shape index (κ1) is 13.9. The quantitative estimate of drug-likeness (QED) is 0.714. The molecule has 0 aliphatic carbocycles. The van der Waals surface area contributed by atoms with E-state index in [0.717, 1.165) is 0 Å².